The van der Waals surface area contributed by atoms with E-state index in [1.54, 1.807) is 0 Å². The predicted octanol–water partition coefficient (Wildman–Crippen LogP) is 2.58. The number of carbonyl (C=O) groups is 1. The van der Waals surface area contributed by atoms with Gasteiger partial charge in [0.1, 0.15) is 0 Å². The van der Waals surface area contributed by atoms with Crippen molar-refractivity contribution in [1.82, 2.24) is 5.32 Å². The summed E-state index contributed by atoms with van der Waals surface area (Å²) in [4.78, 5) is 12.3. The van der Waals surface area contributed by atoms with Crippen molar-refractivity contribution >= 4 is 17.2 Å². The molecular formula is C10H15NOS. The van der Waals surface area contributed by atoms with E-state index in [0.717, 1.165) is 16.9 Å². The van der Waals surface area contributed by atoms with Crippen LogP contribution in [0.15, 0.2) is 11.4 Å². The van der Waals surface area contributed by atoms with Gasteiger partial charge in [0.2, 0.25) is 0 Å². The van der Waals surface area contributed by atoms with Crippen LogP contribution in [0.4, 0.5) is 0 Å². The number of rotatable bonds is 3. The van der Waals surface area contributed by atoms with Gasteiger partial charge < -0.3 is 5.32 Å². The fourth-order valence-electron chi connectivity index (χ4n) is 0.947. The van der Waals surface area contributed by atoms with Crippen LogP contribution >= 0.6 is 11.3 Å². The molecule has 0 saturated carbocycles. The SMILES string of the molecule is CCC(C)NC(=O)c1cc(C)cs1. The highest BCUT2D eigenvalue weighted by atomic mass is 32.1. The highest BCUT2D eigenvalue weighted by Crippen LogP contribution is 2.13. The average Bonchev–Trinajstić information content (AvgIpc) is 2.51. The Bertz CT molecular complexity index is 293. The van der Waals surface area contributed by atoms with Crippen LogP contribution in [0.5, 0.6) is 0 Å². The maximum atomic E-state index is 11.5. The number of aryl methyl sites for hydroxylation is 1. The molecule has 0 radical (unpaired) electrons. The maximum Gasteiger partial charge on any atom is 0.261 e. The number of thiophene rings is 1. The fraction of sp³-hybridized carbons (Fsp3) is 0.500. The van der Waals surface area contributed by atoms with E-state index in [1.807, 2.05) is 25.3 Å². The van der Waals surface area contributed by atoms with Crippen LogP contribution in [0.1, 0.15) is 35.5 Å². The average molecular weight is 197 g/mol. The van der Waals surface area contributed by atoms with E-state index in [0.29, 0.717) is 0 Å². The van der Waals surface area contributed by atoms with Crippen LogP contribution in [0, 0.1) is 6.92 Å². The lowest BCUT2D eigenvalue weighted by atomic mass is 10.2. The lowest BCUT2D eigenvalue weighted by Gasteiger charge is -2.09. The van der Waals surface area contributed by atoms with E-state index in [9.17, 15) is 4.79 Å². The first-order chi connectivity index (χ1) is 6.13. The summed E-state index contributed by atoms with van der Waals surface area (Å²) in [6.45, 7) is 6.07. The predicted molar refractivity (Wildman–Crippen MR) is 56.3 cm³/mol. The Kier molecular flexibility index (Phi) is 3.48. The highest BCUT2D eigenvalue weighted by Gasteiger charge is 2.09. The van der Waals surface area contributed by atoms with Crippen molar-refractivity contribution in [3.05, 3.63) is 21.9 Å². The second kappa shape index (κ2) is 4.42. The lowest BCUT2D eigenvalue weighted by molar-refractivity contribution is 0.0943. The third kappa shape index (κ3) is 2.84. The number of hydrogen-bond donors (Lipinski definition) is 1. The standard InChI is InChI=1S/C10H15NOS/c1-4-8(3)11-10(12)9-5-7(2)6-13-9/h5-6,8H,4H2,1-3H3,(H,11,12). The van der Waals surface area contributed by atoms with Crippen LogP contribution in [0.25, 0.3) is 0 Å². The van der Waals surface area contributed by atoms with E-state index >= 15 is 0 Å². The van der Waals surface area contributed by atoms with Crippen molar-refractivity contribution < 1.29 is 4.79 Å². The van der Waals surface area contributed by atoms with Gasteiger partial charge in [-0.25, -0.2) is 0 Å². The van der Waals surface area contributed by atoms with Crippen molar-refractivity contribution in [3.63, 3.8) is 0 Å². The highest BCUT2D eigenvalue weighted by molar-refractivity contribution is 7.12. The molecule has 72 valence electrons. The molecule has 0 aromatic carbocycles. The summed E-state index contributed by atoms with van der Waals surface area (Å²) in [6, 6.07) is 2.18. The van der Waals surface area contributed by atoms with Gasteiger partial charge >= 0.3 is 0 Å². The Balaban J connectivity index is 2.58. The Morgan fingerprint density at radius 3 is 2.85 bits per heavy atom. The van der Waals surface area contributed by atoms with E-state index < -0.39 is 0 Å². The van der Waals surface area contributed by atoms with E-state index in [-0.39, 0.29) is 11.9 Å². The molecule has 1 amide bonds. The van der Waals surface area contributed by atoms with E-state index in [2.05, 4.69) is 12.2 Å². The number of amides is 1. The minimum Gasteiger partial charge on any atom is -0.349 e. The summed E-state index contributed by atoms with van der Waals surface area (Å²) in [5.41, 5.74) is 1.15. The first-order valence-electron chi connectivity index (χ1n) is 4.49. The van der Waals surface area contributed by atoms with Gasteiger partial charge in [-0.15, -0.1) is 11.3 Å². The van der Waals surface area contributed by atoms with Crippen LogP contribution in [0.2, 0.25) is 0 Å². The molecule has 1 atom stereocenters. The molecule has 1 aromatic heterocycles. The van der Waals surface area contributed by atoms with Crippen molar-refractivity contribution in [1.29, 1.82) is 0 Å². The largest absolute Gasteiger partial charge is 0.349 e. The third-order valence-corrected chi connectivity index (χ3v) is 2.99. The number of carbonyl (C=O) groups excluding carboxylic acids is 1. The molecule has 1 N–H and O–H groups in total. The van der Waals surface area contributed by atoms with E-state index in [4.69, 9.17) is 0 Å². The summed E-state index contributed by atoms with van der Waals surface area (Å²) < 4.78 is 0. The first-order valence-corrected chi connectivity index (χ1v) is 5.37. The zero-order valence-corrected chi connectivity index (χ0v) is 9.07. The summed E-state index contributed by atoms with van der Waals surface area (Å²) >= 11 is 1.50. The van der Waals surface area contributed by atoms with Gasteiger partial charge in [0, 0.05) is 6.04 Å². The lowest BCUT2D eigenvalue weighted by Crippen LogP contribution is -2.31. The Morgan fingerprint density at radius 1 is 1.69 bits per heavy atom. The molecule has 13 heavy (non-hydrogen) atoms. The summed E-state index contributed by atoms with van der Waals surface area (Å²) in [7, 11) is 0. The second-order valence-corrected chi connectivity index (χ2v) is 4.18. The molecule has 0 saturated heterocycles. The summed E-state index contributed by atoms with van der Waals surface area (Å²) in [5.74, 6) is 0.0486. The monoisotopic (exact) mass is 197 g/mol. The van der Waals surface area contributed by atoms with Gasteiger partial charge in [0.05, 0.1) is 4.88 Å². The molecule has 0 aliphatic rings. The minimum absolute atomic E-state index is 0.0486. The molecule has 0 spiro atoms. The Morgan fingerprint density at radius 2 is 2.38 bits per heavy atom. The van der Waals surface area contributed by atoms with Crippen LogP contribution in [-0.4, -0.2) is 11.9 Å². The van der Waals surface area contributed by atoms with Gasteiger partial charge in [-0.1, -0.05) is 6.92 Å². The fourth-order valence-corrected chi connectivity index (χ4v) is 1.75. The number of hydrogen-bond acceptors (Lipinski definition) is 2. The number of nitrogens with one attached hydrogen (secondary N) is 1. The van der Waals surface area contributed by atoms with Gasteiger partial charge in [0.25, 0.3) is 5.91 Å². The maximum absolute atomic E-state index is 11.5. The van der Waals surface area contributed by atoms with Crippen LogP contribution in [0.3, 0.4) is 0 Å². The molecule has 2 nitrogen and oxygen atoms in total. The molecule has 1 unspecified atom stereocenters. The molecule has 1 rings (SSSR count). The molecule has 0 aliphatic carbocycles. The van der Waals surface area contributed by atoms with E-state index in [1.165, 1.54) is 11.3 Å². The third-order valence-electron chi connectivity index (χ3n) is 1.94. The molecule has 1 heterocycles. The quantitative estimate of drug-likeness (QED) is 0.792. The van der Waals surface area contributed by atoms with Gasteiger partial charge in [-0.2, -0.15) is 0 Å². The summed E-state index contributed by atoms with van der Waals surface area (Å²) in [6.07, 6.45) is 0.968. The van der Waals surface area contributed by atoms with Gasteiger partial charge in [-0.3, -0.25) is 4.79 Å². The van der Waals surface area contributed by atoms with Crippen molar-refractivity contribution in [2.24, 2.45) is 0 Å². The first kappa shape index (κ1) is 10.3. The summed E-state index contributed by atoms with van der Waals surface area (Å²) in [5, 5.41) is 4.92. The van der Waals surface area contributed by atoms with Gasteiger partial charge in [0.15, 0.2) is 0 Å². The molecule has 0 fully saturated rings. The van der Waals surface area contributed by atoms with Crippen molar-refractivity contribution in [3.8, 4) is 0 Å². The molecule has 0 aliphatic heterocycles. The Labute approximate surface area is 83.0 Å². The smallest absolute Gasteiger partial charge is 0.261 e. The zero-order valence-electron chi connectivity index (χ0n) is 8.26. The minimum atomic E-state index is 0.0486. The Hall–Kier alpha value is -0.830. The zero-order chi connectivity index (χ0) is 9.84. The van der Waals surface area contributed by atoms with Crippen molar-refractivity contribution in [2.75, 3.05) is 0 Å². The molecule has 0 bridgehead atoms. The topological polar surface area (TPSA) is 29.1 Å². The van der Waals surface area contributed by atoms with Gasteiger partial charge in [-0.05, 0) is 37.3 Å². The molecule has 3 heteroatoms. The molecule has 1 aromatic rings. The van der Waals surface area contributed by atoms with Crippen LogP contribution < -0.4 is 5.32 Å². The molecular weight excluding hydrogens is 182 g/mol. The van der Waals surface area contributed by atoms with Crippen molar-refractivity contribution in [2.45, 2.75) is 33.2 Å². The second-order valence-electron chi connectivity index (χ2n) is 3.27. The van der Waals surface area contributed by atoms with Crippen LogP contribution in [-0.2, 0) is 0 Å². The normalized spacial score (nSPS) is 12.5.